The van der Waals surface area contributed by atoms with E-state index in [0.29, 0.717) is 11.4 Å². The first-order valence-corrected chi connectivity index (χ1v) is 10.6. The number of halogens is 2. The van der Waals surface area contributed by atoms with Crippen LogP contribution in [-0.2, 0) is 11.2 Å². The number of nitrogens with one attached hydrogen (secondary N) is 2. The molecular weight excluding hydrogens is 438 g/mol. The molecule has 3 aromatic rings. The smallest absolute Gasteiger partial charge is 0.325 e. The number of anilines is 1. The molecule has 166 valence electrons. The fourth-order valence-corrected chi connectivity index (χ4v) is 4.14. The van der Waals surface area contributed by atoms with E-state index in [1.165, 1.54) is 23.5 Å². The lowest BCUT2D eigenvalue weighted by atomic mass is 10.1. The average Bonchev–Trinajstić information content (AvgIpc) is 3.28. The lowest BCUT2D eigenvalue weighted by molar-refractivity contribution is -0.130. The lowest BCUT2D eigenvalue weighted by Crippen LogP contribution is -2.40. The van der Waals surface area contributed by atoms with Gasteiger partial charge in [-0.3, -0.25) is 9.69 Å². The summed E-state index contributed by atoms with van der Waals surface area (Å²) in [6.45, 7) is 3.58. The number of carbonyl (C=O) groups is 2. The Kier molecular flexibility index (Phi) is 5.83. The van der Waals surface area contributed by atoms with Gasteiger partial charge in [-0.05, 0) is 31.5 Å². The van der Waals surface area contributed by atoms with Gasteiger partial charge in [0.15, 0.2) is 5.82 Å². The van der Waals surface area contributed by atoms with Crippen molar-refractivity contribution >= 4 is 29.2 Å². The molecule has 0 aliphatic carbocycles. The molecule has 0 spiro atoms. The maximum atomic E-state index is 14.4. The van der Waals surface area contributed by atoms with Gasteiger partial charge in [-0.1, -0.05) is 12.1 Å². The summed E-state index contributed by atoms with van der Waals surface area (Å²) in [6, 6.07) is 5.70. The third-order valence-corrected chi connectivity index (χ3v) is 5.86. The van der Waals surface area contributed by atoms with Crippen LogP contribution in [0.1, 0.15) is 24.3 Å². The van der Waals surface area contributed by atoms with Crippen molar-refractivity contribution in [2.24, 2.45) is 0 Å². The van der Waals surface area contributed by atoms with Crippen molar-refractivity contribution in [2.45, 2.75) is 25.8 Å². The SMILES string of the molecule is CC1(C)NC(=O)N(CCNc2ncc(F)c(-c3ncc(Cc4ccc(F)cc4)s3)n2)C1=O. The van der Waals surface area contributed by atoms with E-state index in [2.05, 4.69) is 25.6 Å². The van der Waals surface area contributed by atoms with E-state index >= 15 is 0 Å². The Balaban J connectivity index is 1.42. The summed E-state index contributed by atoms with van der Waals surface area (Å²) in [4.78, 5) is 38.5. The molecule has 3 amide bonds. The zero-order valence-electron chi connectivity index (χ0n) is 17.4. The van der Waals surface area contributed by atoms with Crippen LogP contribution in [0, 0.1) is 11.6 Å². The van der Waals surface area contributed by atoms with Crippen LogP contribution in [0.2, 0.25) is 0 Å². The van der Waals surface area contributed by atoms with E-state index in [1.807, 2.05) is 0 Å². The zero-order chi connectivity index (χ0) is 22.9. The number of amides is 3. The third kappa shape index (κ3) is 4.57. The number of carbonyl (C=O) groups excluding carboxylic acids is 2. The normalized spacial score (nSPS) is 15.2. The first-order valence-electron chi connectivity index (χ1n) is 9.83. The van der Waals surface area contributed by atoms with E-state index in [-0.39, 0.29) is 36.5 Å². The predicted octanol–water partition coefficient (Wildman–Crippen LogP) is 3.21. The van der Waals surface area contributed by atoms with Crippen molar-refractivity contribution in [3.05, 3.63) is 58.7 Å². The number of aromatic nitrogens is 3. The molecule has 0 atom stereocenters. The molecule has 0 bridgehead atoms. The molecule has 0 saturated carbocycles. The Labute approximate surface area is 186 Å². The molecule has 3 heterocycles. The van der Waals surface area contributed by atoms with Crippen molar-refractivity contribution in [2.75, 3.05) is 18.4 Å². The highest BCUT2D eigenvalue weighted by atomic mass is 32.1. The molecular formula is C21H20F2N6O2S. The molecule has 11 heteroatoms. The molecule has 1 aliphatic heterocycles. The van der Waals surface area contributed by atoms with Crippen LogP contribution in [-0.4, -0.2) is 50.4 Å². The molecule has 0 radical (unpaired) electrons. The van der Waals surface area contributed by atoms with Gasteiger partial charge in [-0.25, -0.2) is 28.5 Å². The third-order valence-electron chi connectivity index (χ3n) is 4.85. The summed E-state index contributed by atoms with van der Waals surface area (Å²) in [5, 5.41) is 5.90. The van der Waals surface area contributed by atoms with E-state index in [4.69, 9.17) is 0 Å². The molecule has 2 aromatic heterocycles. The fraction of sp³-hybridized carbons (Fsp3) is 0.286. The Morgan fingerprint density at radius 3 is 2.56 bits per heavy atom. The van der Waals surface area contributed by atoms with E-state index in [0.717, 1.165) is 21.5 Å². The minimum Gasteiger partial charge on any atom is -0.352 e. The quantitative estimate of drug-likeness (QED) is 0.528. The minimum absolute atomic E-state index is 0.0500. The molecule has 1 aromatic carbocycles. The summed E-state index contributed by atoms with van der Waals surface area (Å²) in [5.41, 5.74) is 0.0253. The summed E-state index contributed by atoms with van der Waals surface area (Å²) in [5.74, 6) is -1.08. The number of benzene rings is 1. The Morgan fingerprint density at radius 1 is 1.12 bits per heavy atom. The fourth-order valence-electron chi connectivity index (χ4n) is 3.20. The molecule has 1 fully saturated rings. The monoisotopic (exact) mass is 458 g/mol. The zero-order valence-corrected chi connectivity index (χ0v) is 18.2. The van der Waals surface area contributed by atoms with Crippen LogP contribution in [0.5, 0.6) is 0 Å². The van der Waals surface area contributed by atoms with Crippen LogP contribution < -0.4 is 10.6 Å². The highest BCUT2D eigenvalue weighted by Crippen LogP contribution is 2.28. The van der Waals surface area contributed by atoms with Crippen molar-refractivity contribution in [1.29, 1.82) is 0 Å². The van der Waals surface area contributed by atoms with Gasteiger partial charge in [-0.2, -0.15) is 0 Å². The first kappa shape index (κ1) is 21.8. The van der Waals surface area contributed by atoms with Gasteiger partial charge in [0.05, 0.1) is 6.20 Å². The topological polar surface area (TPSA) is 100 Å². The summed E-state index contributed by atoms with van der Waals surface area (Å²) >= 11 is 1.28. The van der Waals surface area contributed by atoms with Gasteiger partial charge in [0.25, 0.3) is 5.91 Å². The van der Waals surface area contributed by atoms with E-state index in [9.17, 15) is 18.4 Å². The van der Waals surface area contributed by atoms with Crippen molar-refractivity contribution in [3.8, 4) is 10.7 Å². The number of thiazole rings is 1. The Morgan fingerprint density at radius 2 is 1.88 bits per heavy atom. The van der Waals surface area contributed by atoms with Crippen LogP contribution in [0.15, 0.2) is 36.7 Å². The Bertz CT molecular complexity index is 1170. The number of hydrogen-bond acceptors (Lipinski definition) is 7. The van der Waals surface area contributed by atoms with Crippen LogP contribution in [0.4, 0.5) is 19.5 Å². The number of urea groups is 1. The average molecular weight is 458 g/mol. The maximum absolute atomic E-state index is 14.4. The highest BCUT2D eigenvalue weighted by molar-refractivity contribution is 7.15. The number of rotatable bonds is 7. The number of nitrogens with zero attached hydrogens (tertiary/aromatic N) is 4. The summed E-state index contributed by atoms with van der Waals surface area (Å²) in [7, 11) is 0. The van der Waals surface area contributed by atoms with Crippen molar-refractivity contribution in [1.82, 2.24) is 25.2 Å². The van der Waals surface area contributed by atoms with Gasteiger partial charge in [0.2, 0.25) is 5.95 Å². The summed E-state index contributed by atoms with van der Waals surface area (Å²) in [6.07, 6.45) is 3.22. The number of hydrogen-bond donors (Lipinski definition) is 2. The van der Waals surface area contributed by atoms with E-state index in [1.54, 1.807) is 32.2 Å². The molecule has 2 N–H and O–H groups in total. The second-order valence-corrected chi connectivity index (χ2v) is 8.88. The Hall–Kier alpha value is -3.47. The molecule has 32 heavy (non-hydrogen) atoms. The van der Waals surface area contributed by atoms with Gasteiger partial charge >= 0.3 is 6.03 Å². The molecule has 4 rings (SSSR count). The molecule has 1 saturated heterocycles. The molecule has 0 unspecified atom stereocenters. The highest BCUT2D eigenvalue weighted by Gasteiger charge is 2.43. The van der Waals surface area contributed by atoms with Gasteiger partial charge in [0, 0.05) is 30.6 Å². The van der Waals surface area contributed by atoms with Crippen LogP contribution in [0.25, 0.3) is 10.7 Å². The second-order valence-electron chi connectivity index (χ2n) is 7.76. The molecule has 1 aliphatic rings. The maximum Gasteiger partial charge on any atom is 0.325 e. The first-order chi connectivity index (χ1) is 15.2. The molecule has 8 nitrogen and oxygen atoms in total. The predicted molar refractivity (Wildman–Crippen MR) is 115 cm³/mol. The van der Waals surface area contributed by atoms with E-state index < -0.39 is 17.4 Å². The van der Waals surface area contributed by atoms with Crippen LogP contribution in [0.3, 0.4) is 0 Å². The van der Waals surface area contributed by atoms with Crippen LogP contribution >= 0.6 is 11.3 Å². The summed E-state index contributed by atoms with van der Waals surface area (Å²) < 4.78 is 27.4. The second kappa shape index (κ2) is 8.58. The van der Waals surface area contributed by atoms with Crippen molar-refractivity contribution < 1.29 is 18.4 Å². The lowest BCUT2D eigenvalue weighted by Gasteiger charge is -2.16. The number of imide groups is 1. The minimum atomic E-state index is -0.937. The van der Waals surface area contributed by atoms with Crippen molar-refractivity contribution in [3.63, 3.8) is 0 Å². The van der Waals surface area contributed by atoms with Gasteiger partial charge in [0.1, 0.15) is 22.1 Å². The largest absolute Gasteiger partial charge is 0.352 e. The van der Waals surface area contributed by atoms with Gasteiger partial charge in [-0.15, -0.1) is 11.3 Å². The van der Waals surface area contributed by atoms with Gasteiger partial charge < -0.3 is 10.6 Å². The standard InChI is InChI=1S/C21H20F2N6O2S/c1-21(2)18(30)29(20(31)28-21)8-7-24-19-26-11-15(23)16(27-19)17-25-10-14(32-17)9-12-3-5-13(22)6-4-12/h3-6,10-11H,7-9H2,1-2H3,(H,28,31)(H,24,26,27).